The molecule has 0 N–H and O–H groups in total. The van der Waals surface area contributed by atoms with Crippen molar-refractivity contribution in [3.8, 4) is 11.4 Å². The van der Waals surface area contributed by atoms with E-state index >= 15 is 0 Å². The molecule has 0 radical (unpaired) electrons. The number of benzene rings is 1. The molecule has 0 bridgehead atoms. The van der Waals surface area contributed by atoms with Crippen molar-refractivity contribution < 1.29 is 14.1 Å². The van der Waals surface area contributed by atoms with Gasteiger partial charge >= 0.3 is 5.97 Å². The van der Waals surface area contributed by atoms with Crippen molar-refractivity contribution in [3.63, 3.8) is 0 Å². The van der Waals surface area contributed by atoms with Gasteiger partial charge in [0.1, 0.15) is 6.42 Å². The number of carbonyl (C=O) groups is 1. The Morgan fingerprint density at radius 1 is 1.35 bits per heavy atom. The van der Waals surface area contributed by atoms with E-state index < -0.39 is 0 Å². The molecular weight excluding hydrogens is 220 g/mol. The topological polar surface area (TPSA) is 65.2 Å². The largest absolute Gasteiger partial charge is 0.466 e. The molecule has 0 aliphatic heterocycles. The molecule has 1 heterocycles. The van der Waals surface area contributed by atoms with Crippen LogP contribution in [0.5, 0.6) is 0 Å². The molecule has 2 rings (SSSR count). The molecule has 5 nitrogen and oxygen atoms in total. The lowest BCUT2D eigenvalue weighted by atomic mass is 10.2. The van der Waals surface area contributed by atoms with Crippen LogP contribution in [-0.2, 0) is 16.0 Å². The van der Waals surface area contributed by atoms with Crippen LogP contribution in [0, 0.1) is 0 Å². The third kappa shape index (κ3) is 2.90. The zero-order chi connectivity index (χ0) is 12.1. The van der Waals surface area contributed by atoms with E-state index in [0.717, 1.165) is 5.56 Å². The van der Waals surface area contributed by atoms with Gasteiger partial charge in [0.05, 0.1) is 6.61 Å². The zero-order valence-electron chi connectivity index (χ0n) is 9.42. The summed E-state index contributed by atoms with van der Waals surface area (Å²) in [4.78, 5) is 15.3. The van der Waals surface area contributed by atoms with Gasteiger partial charge in [-0.2, -0.15) is 4.98 Å². The van der Waals surface area contributed by atoms with Crippen molar-refractivity contribution in [2.45, 2.75) is 13.3 Å². The Morgan fingerprint density at radius 3 is 2.82 bits per heavy atom. The van der Waals surface area contributed by atoms with Gasteiger partial charge in [0.15, 0.2) is 0 Å². The summed E-state index contributed by atoms with van der Waals surface area (Å²) < 4.78 is 9.77. The van der Waals surface area contributed by atoms with Crippen molar-refractivity contribution in [1.29, 1.82) is 0 Å². The normalized spacial score (nSPS) is 10.2. The second-order valence-electron chi connectivity index (χ2n) is 3.36. The van der Waals surface area contributed by atoms with Crippen LogP contribution in [0.15, 0.2) is 34.9 Å². The molecule has 17 heavy (non-hydrogen) atoms. The van der Waals surface area contributed by atoms with Gasteiger partial charge in [-0.25, -0.2) is 0 Å². The highest BCUT2D eigenvalue weighted by molar-refractivity contribution is 5.71. The molecule has 0 fully saturated rings. The molecule has 1 aromatic heterocycles. The SMILES string of the molecule is CCOC(=O)Cc1nc(-c2ccccc2)no1. The van der Waals surface area contributed by atoms with Crippen molar-refractivity contribution in [3.05, 3.63) is 36.2 Å². The van der Waals surface area contributed by atoms with Crippen molar-refractivity contribution >= 4 is 5.97 Å². The number of aromatic nitrogens is 2. The lowest BCUT2D eigenvalue weighted by Gasteiger charge is -1.96. The van der Waals surface area contributed by atoms with E-state index in [1.165, 1.54) is 0 Å². The van der Waals surface area contributed by atoms with E-state index in [2.05, 4.69) is 10.1 Å². The molecule has 0 aliphatic rings. The van der Waals surface area contributed by atoms with Crippen LogP contribution in [0.4, 0.5) is 0 Å². The van der Waals surface area contributed by atoms with E-state index in [4.69, 9.17) is 9.26 Å². The summed E-state index contributed by atoms with van der Waals surface area (Å²) in [6.45, 7) is 2.10. The number of ether oxygens (including phenoxy) is 1. The fourth-order valence-corrected chi connectivity index (χ4v) is 1.37. The Labute approximate surface area is 98.4 Å². The van der Waals surface area contributed by atoms with Crippen molar-refractivity contribution in [2.24, 2.45) is 0 Å². The number of carbonyl (C=O) groups excluding carboxylic acids is 1. The fourth-order valence-electron chi connectivity index (χ4n) is 1.37. The third-order valence-electron chi connectivity index (χ3n) is 2.10. The maximum atomic E-state index is 11.2. The average molecular weight is 232 g/mol. The minimum atomic E-state index is -0.365. The van der Waals surface area contributed by atoms with Gasteiger partial charge in [-0.3, -0.25) is 4.79 Å². The summed E-state index contributed by atoms with van der Waals surface area (Å²) in [6.07, 6.45) is 0.00761. The van der Waals surface area contributed by atoms with Crippen molar-refractivity contribution in [1.82, 2.24) is 10.1 Å². The van der Waals surface area contributed by atoms with E-state index in [-0.39, 0.29) is 18.3 Å². The monoisotopic (exact) mass is 232 g/mol. The molecular formula is C12H12N2O3. The van der Waals surface area contributed by atoms with Crippen LogP contribution in [0.25, 0.3) is 11.4 Å². The first-order valence-corrected chi connectivity index (χ1v) is 5.33. The molecule has 1 aromatic carbocycles. The molecule has 0 saturated heterocycles. The minimum Gasteiger partial charge on any atom is -0.466 e. The standard InChI is InChI=1S/C12H12N2O3/c1-2-16-11(15)8-10-13-12(14-17-10)9-6-4-3-5-7-9/h3-7H,2,8H2,1H3. The van der Waals surface area contributed by atoms with Crippen molar-refractivity contribution in [2.75, 3.05) is 6.61 Å². The van der Waals surface area contributed by atoms with Gasteiger partial charge in [0.2, 0.25) is 11.7 Å². The van der Waals surface area contributed by atoms with Crippen LogP contribution in [0.2, 0.25) is 0 Å². The summed E-state index contributed by atoms with van der Waals surface area (Å²) in [6, 6.07) is 9.43. The molecule has 0 spiro atoms. The summed E-state index contributed by atoms with van der Waals surface area (Å²) >= 11 is 0. The maximum absolute atomic E-state index is 11.2. The second-order valence-corrected chi connectivity index (χ2v) is 3.36. The predicted octanol–water partition coefficient (Wildman–Crippen LogP) is 1.84. The fraction of sp³-hybridized carbons (Fsp3) is 0.250. The quantitative estimate of drug-likeness (QED) is 0.752. The van der Waals surface area contributed by atoms with Crippen LogP contribution < -0.4 is 0 Å². The summed E-state index contributed by atoms with van der Waals surface area (Å²) in [5.41, 5.74) is 0.853. The molecule has 0 amide bonds. The first-order valence-electron chi connectivity index (χ1n) is 5.33. The molecule has 0 aliphatic carbocycles. The van der Waals surface area contributed by atoms with Crippen LogP contribution >= 0.6 is 0 Å². The predicted molar refractivity (Wildman–Crippen MR) is 60.1 cm³/mol. The smallest absolute Gasteiger partial charge is 0.315 e. The molecule has 0 saturated carbocycles. The Bertz CT molecular complexity index is 493. The minimum absolute atomic E-state index is 0.00761. The highest BCUT2D eigenvalue weighted by atomic mass is 16.5. The van der Waals surface area contributed by atoms with Gasteiger partial charge in [-0.15, -0.1) is 0 Å². The third-order valence-corrected chi connectivity index (χ3v) is 2.10. The maximum Gasteiger partial charge on any atom is 0.315 e. The van der Waals surface area contributed by atoms with Gasteiger partial charge in [-0.05, 0) is 6.92 Å². The first kappa shape index (κ1) is 11.3. The van der Waals surface area contributed by atoms with E-state index in [9.17, 15) is 4.79 Å². The van der Waals surface area contributed by atoms with Crippen LogP contribution in [-0.4, -0.2) is 22.7 Å². The highest BCUT2D eigenvalue weighted by Gasteiger charge is 2.12. The molecule has 88 valence electrons. The van der Waals surface area contributed by atoms with Gasteiger partial charge in [-0.1, -0.05) is 35.5 Å². The molecule has 2 aromatic rings. The van der Waals surface area contributed by atoms with Crippen LogP contribution in [0.3, 0.4) is 0 Å². The zero-order valence-corrected chi connectivity index (χ0v) is 9.42. The van der Waals surface area contributed by atoms with Gasteiger partial charge < -0.3 is 9.26 Å². The molecule has 0 atom stereocenters. The lowest BCUT2D eigenvalue weighted by molar-refractivity contribution is -0.142. The number of hydrogen-bond donors (Lipinski definition) is 0. The van der Waals surface area contributed by atoms with Gasteiger partial charge in [0.25, 0.3) is 0 Å². The molecule has 5 heteroatoms. The first-order chi connectivity index (χ1) is 8.29. The number of esters is 1. The summed E-state index contributed by atoms with van der Waals surface area (Å²) in [5, 5.41) is 3.81. The van der Waals surface area contributed by atoms with E-state index in [0.29, 0.717) is 12.4 Å². The van der Waals surface area contributed by atoms with E-state index in [1.807, 2.05) is 30.3 Å². The van der Waals surface area contributed by atoms with E-state index in [1.54, 1.807) is 6.92 Å². The number of rotatable bonds is 4. The Balaban J connectivity index is 2.09. The van der Waals surface area contributed by atoms with Gasteiger partial charge in [0, 0.05) is 5.56 Å². The number of hydrogen-bond acceptors (Lipinski definition) is 5. The summed E-state index contributed by atoms with van der Waals surface area (Å²) in [7, 11) is 0. The summed E-state index contributed by atoms with van der Waals surface area (Å²) in [5.74, 6) is 0.378. The second kappa shape index (κ2) is 5.25. The highest BCUT2D eigenvalue weighted by Crippen LogP contribution is 2.14. The Morgan fingerprint density at radius 2 is 2.12 bits per heavy atom. The Hall–Kier alpha value is -2.17. The average Bonchev–Trinajstić information content (AvgIpc) is 2.79. The van der Waals surface area contributed by atoms with Crippen LogP contribution in [0.1, 0.15) is 12.8 Å². The lowest BCUT2D eigenvalue weighted by Crippen LogP contribution is -2.07. The molecule has 0 unspecified atom stereocenters. The number of nitrogens with zero attached hydrogens (tertiary/aromatic N) is 2. The Kier molecular flexibility index (Phi) is 3.49.